The molecule has 0 radical (unpaired) electrons. The summed E-state index contributed by atoms with van der Waals surface area (Å²) in [5.41, 5.74) is 2.11. The molecule has 0 saturated carbocycles. The lowest BCUT2D eigenvalue weighted by Crippen LogP contribution is -2.13. The summed E-state index contributed by atoms with van der Waals surface area (Å²) in [5.74, 6) is 0.312. The zero-order valence-electron chi connectivity index (χ0n) is 11.4. The van der Waals surface area contributed by atoms with Gasteiger partial charge in [-0.25, -0.2) is 4.98 Å². The lowest BCUT2D eigenvalue weighted by molar-refractivity contribution is -0.113. The molecule has 106 valence electrons. The van der Waals surface area contributed by atoms with Crippen LogP contribution in [-0.2, 0) is 4.79 Å². The lowest BCUT2D eigenvalue weighted by atomic mass is 10.2. The van der Waals surface area contributed by atoms with Crippen molar-refractivity contribution in [2.24, 2.45) is 0 Å². The summed E-state index contributed by atoms with van der Waals surface area (Å²) in [7, 11) is 0. The Morgan fingerprint density at radius 1 is 1.29 bits per heavy atom. The highest BCUT2D eigenvalue weighted by molar-refractivity contribution is 8.00. The monoisotopic (exact) mass is 315 g/mol. The Morgan fingerprint density at radius 3 is 2.90 bits per heavy atom. The summed E-state index contributed by atoms with van der Waals surface area (Å²) in [4.78, 5) is 21.3. The number of fused-ring (bicyclic) bond motifs is 1. The SMILES string of the molecule is Cc1ccc2nc(NC(=O)CSc3ccncc3)sc2c1. The highest BCUT2D eigenvalue weighted by Crippen LogP contribution is 2.27. The summed E-state index contributed by atoms with van der Waals surface area (Å²) < 4.78 is 1.09. The Hall–Kier alpha value is -1.92. The number of thioether (sulfide) groups is 1. The van der Waals surface area contributed by atoms with Crippen LogP contribution in [-0.4, -0.2) is 21.6 Å². The fraction of sp³-hybridized carbons (Fsp3) is 0.133. The Labute approximate surface area is 130 Å². The van der Waals surface area contributed by atoms with E-state index in [0.29, 0.717) is 10.9 Å². The van der Waals surface area contributed by atoms with Gasteiger partial charge in [0.25, 0.3) is 0 Å². The summed E-state index contributed by atoms with van der Waals surface area (Å²) in [6, 6.07) is 9.85. The predicted molar refractivity (Wildman–Crippen MR) is 87.9 cm³/mol. The van der Waals surface area contributed by atoms with Gasteiger partial charge in [-0.2, -0.15) is 0 Å². The summed E-state index contributed by atoms with van der Waals surface area (Å²) >= 11 is 2.98. The van der Waals surface area contributed by atoms with Crippen LogP contribution in [0.2, 0.25) is 0 Å². The fourth-order valence-electron chi connectivity index (χ4n) is 1.82. The fourth-order valence-corrected chi connectivity index (χ4v) is 3.49. The molecule has 4 nitrogen and oxygen atoms in total. The van der Waals surface area contributed by atoms with Gasteiger partial charge in [0.2, 0.25) is 5.91 Å². The van der Waals surface area contributed by atoms with Crippen LogP contribution in [0.4, 0.5) is 5.13 Å². The number of carbonyl (C=O) groups excluding carboxylic acids is 1. The number of carbonyl (C=O) groups is 1. The van der Waals surface area contributed by atoms with Gasteiger partial charge in [-0.15, -0.1) is 11.8 Å². The molecular formula is C15H13N3OS2. The quantitative estimate of drug-likeness (QED) is 0.745. The molecule has 0 fully saturated rings. The van der Waals surface area contributed by atoms with Crippen molar-refractivity contribution < 1.29 is 4.79 Å². The van der Waals surface area contributed by atoms with Crippen molar-refractivity contribution in [1.29, 1.82) is 0 Å². The summed E-state index contributed by atoms with van der Waals surface area (Å²) in [6.45, 7) is 2.04. The molecule has 2 heterocycles. The molecule has 1 amide bonds. The lowest BCUT2D eigenvalue weighted by Gasteiger charge is -2.01. The minimum absolute atomic E-state index is 0.0485. The smallest absolute Gasteiger partial charge is 0.236 e. The standard InChI is InChI=1S/C15H13N3OS2/c1-10-2-3-12-13(8-10)21-15(17-12)18-14(19)9-20-11-4-6-16-7-5-11/h2-8H,9H2,1H3,(H,17,18,19). The van der Waals surface area contributed by atoms with Crippen LogP contribution < -0.4 is 5.32 Å². The van der Waals surface area contributed by atoms with Crippen LogP contribution in [0.1, 0.15) is 5.56 Å². The molecule has 3 rings (SSSR count). The number of nitrogens with zero attached hydrogens (tertiary/aromatic N) is 2. The van der Waals surface area contributed by atoms with Crippen molar-refractivity contribution in [3.8, 4) is 0 Å². The topological polar surface area (TPSA) is 54.9 Å². The van der Waals surface area contributed by atoms with Gasteiger partial charge in [0.15, 0.2) is 5.13 Å². The molecule has 0 unspecified atom stereocenters. The molecule has 0 atom stereocenters. The first-order chi connectivity index (χ1) is 10.2. The Morgan fingerprint density at radius 2 is 2.10 bits per heavy atom. The van der Waals surface area contributed by atoms with Crippen molar-refractivity contribution >= 4 is 44.4 Å². The number of aryl methyl sites for hydroxylation is 1. The first-order valence-electron chi connectivity index (χ1n) is 6.40. The van der Waals surface area contributed by atoms with Crippen molar-refractivity contribution in [2.75, 3.05) is 11.1 Å². The maximum absolute atomic E-state index is 11.9. The summed E-state index contributed by atoms with van der Waals surface area (Å²) in [5, 5.41) is 3.50. The highest BCUT2D eigenvalue weighted by Gasteiger charge is 2.08. The van der Waals surface area contributed by atoms with Gasteiger partial charge in [0, 0.05) is 17.3 Å². The molecule has 2 aromatic heterocycles. The predicted octanol–water partition coefficient (Wildman–Crippen LogP) is 3.73. The molecular weight excluding hydrogens is 302 g/mol. The second kappa shape index (κ2) is 6.24. The third kappa shape index (κ3) is 3.59. The van der Waals surface area contributed by atoms with E-state index in [9.17, 15) is 4.79 Å². The molecule has 0 saturated heterocycles. The Kier molecular flexibility index (Phi) is 4.17. The summed E-state index contributed by atoms with van der Waals surface area (Å²) in [6.07, 6.45) is 3.44. The molecule has 3 aromatic rings. The normalized spacial score (nSPS) is 10.7. The van der Waals surface area contributed by atoms with E-state index in [-0.39, 0.29) is 5.91 Å². The van der Waals surface area contributed by atoms with Gasteiger partial charge in [-0.05, 0) is 36.8 Å². The number of hydrogen-bond acceptors (Lipinski definition) is 5. The molecule has 0 aliphatic carbocycles. The van der Waals surface area contributed by atoms with Crippen molar-refractivity contribution in [3.05, 3.63) is 48.3 Å². The van der Waals surface area contributed by atoms with E-state index < -0.39 is 0 Å². The van der Waals surface area contributed by atoms with Crippen molar-refractivity contribution in [1.82, 2.24) is 9.97 Å². The van der Waals surface area contributed by atoms with Gasteiger partial charge in [-0.3, -0.25) is 9.78 Å². The zero-order chi connectivity index (χ0) is 14.7. The van der Waals surface area contributed by atoms with Gasteiger partial charge < -0.3 is 5.32 Å². The number of thiazole rings is 1. The number of rotatable bonds is 4. The van der Waals surface area contributed by atoms with E-state index in [4.69, 9.17) is 0 Å². The van der Waals surface area contributed by atoms with E-state index in [1.807, 2.05) is 31.2 Å². The maximum atomic E-state index is 11.9. The first kappa shape index (κ1) is 14.0. The molecule has 0 bridgehead atoms. The second-order valence-corrected chi connectivity index (χ2v) is 6.59. The van der Waals surface area contributed by atoms with E-state index in [2.05, 4.69) is 21.4 Å². The zero-order valence-corrected chi connectivity index (χ0v) is 13.0. The molecule has 1 aromatic carbocycles. The average Bonchev–Trinajstić information content (AvgIpc) is 2.87. The van der Waals surface area contributed by atoms with Gasteiger partial charge in [-0.1, -0.05) is 17.4 Å². The number of anilines is 1. The molecule has 1 N–H and O–H groups in total. The Balaban J connectivity index is 1.63. The van der Waals surface area contributed by atoms with Crippen LogP contribution in [0.15, 0.2) is 47.6 Å². The number of amides is 1. The first-order valence-corrected chi connectivity index (χ1v) is 8.21. The largest absolute Gasteiger partial charge is 0.301 e. The number of hydrogen-bond donors (Lipinski definition) is 1. The molecule has 0 aliphatic heterocycles. The average molecular weight is 315 g/mol. The molecule has 0 aliphatic rings. The number of benzene rings is 1. The third-order valence-electron chi connectivity index (χ3n) is 2.81. The van der Waals surface area contributed by atoms with Gasteiger partial charge >= 0.3 is 0 Å². The van der Waals surface area contributed by atoms with Crippen molar-refractivity contribution in [2.45, 2.75) is 11.8 Å². The van der Waals surface area contributed by atoms with Crippen LogP contribution in [0.3, 0.4) is 0 Å². The Bertz CT molecular complexity index is 771. The molecule has 21 heavy (non-hydrogen) atoms. The number of nitrogens with one attached hydrogen (secondary N) is 1. The van der Waals surface area contributed by atoms with Crippen molar-refractivity contribution in [3.63, 3.8) is 0 Å². The molecule has 0 spiro atoms. The number of aromatic nitrogens is 2. The molecule has 6 heteroatoms. The number of pyridine rings is 1. The van der Waals surface area contributed by atoms with E-state index in [1.165, 1.54) is 28.7 Å². The van der Waals surface area contributed by atoms with Crippen LogP contribution in [0.5, 0.6) is 0 Å². The van der Waals surface area contributed by atoms with Crippen LogP contribution in [0.25, 0.3) is 10.2 Å². The van der Waals surface area contributed by atoms with E-state index in [1.54, 1.807) is 12.4 Å². The van der Waals surface area contributed by atoms with Gasteiger partial charge in [0.1, 0.15) is 0 Å². The maximum Gasteiger partial charge on any atom is 0.236 e. The third-order valence-corrected chi connectivity index (χ3v) is 4.76. The van der Waals surface area contributed by atoms with E-state index in [0.717, 1.165) is 15.1 Å². The van der Waals surface area contributed by atoms with Crippen LogP contribution >= 0.6 is 23.1 Å². The van der Waals surface area contributed by atoms with Gasteiger partial charge in [0.05, 0.1) is 16.0 Å². The van der Waals surface area contributed by atoms with E-state index >= 15 is 0 Å². The minimum atomic E-state index is -0.0485. The van der Waals surface area contributed by atoms with Crippen LogP contribution in [0, 0.1) is 6.92 Å². The highest BCUT2D eigenvalue weighted by atomic mass is 32.2. The second-order valence-electron chi connectivity index (χ2n) is 4.51. The minimum Gasteiger partial charge on any atom is -0.301 e.